The molecule has 3 heteroatoms. The topological polar surface area (TPSA) is 29.1 Å². The summed E-state index contributed by atoms with van der Waals surface area (Å²) in [5.74, 6) is 1.53. The van der Waals surface area contributed by atoms with E-state index in [1.807, 2.05) is 18.2 Å². The van der Waals surface area contributed by atoms with Crippen molar-refractivity contribution in [2.24, 2.45) is 11.8 Å². The highest BCUT2D eigenvalue weighted by Crippen LogP contribution is 2.48. The molecule has 2 fully saturated rings. The van der Waals surface area contributed by atoms with E-state index in [4.69, 9.17) is 11.6 Å². The van der Waals surface area contributed by atoms with Crippen LogP contribution in [0.15, 0.2) is 24.3 Å². The first kappa shape index (κ1) is 11.1. The minimum absolute atomic E-state index is 0.173. The predicted molar refractivity (Wildman–Crippen MR) is 68.0 cm³/mol. The van der Waals surface area contributed by atoms with Crippen LogP contribution in [-0.4, -0.2) is 12.5 Å². The summed E-state index contributed by atoms with van der Waals surface area (Å²) in [7, 11) is 0. The molecule has 90 valence electrons. The molecule has 0 aromatic heterocycles. The molecule has 0 aliphatic heterocycles. The van der Waals surface area contributed by atoms with Crippen LogP contribution < -0.4 is 5.32 Å². The summed E-state index contributed by atoms with van der Waals surface area (Å²) in [5, 5.41) is 3.81. The summed E-state index contributed by atoms with van der Waals surface area (Å²) in [6, 6.07) is 7.86. The summed E-state index contributed by atoms with van der Waals surface area (Å²) in [5.41, 5.74) is 1.20. The summed E-state index contributed by atoms with van der Waals surface area (Å²) >= 11 is 5.95. The molecule has 0 heterocycles. The Labute approximate surface area is 106 Å². The van der Waals surface area contributed by atoms with Crippen molar-refractivity contribution in [2.45, 2.75) is 25.2 Å². The number of nitrogens with one attached hydrogen (secondary N) is 1. The van der Waals surface area contributed by atoms with Crippen LogP contribution in [0.2, 0.25) is 5.02 Å². The summed E-state index contributed by atoms with van der Waals surface area (Å²) in [4.78, 5) is 11.9. The molecule has 0 spiro atoms. The fraction of sp³-hybridized carbons (Fsp3) is 0.500. The van der Waals surface area contributed by atoms with Gasteiger partial charge in [0.25, 0.3) is 0 Å². The van der Waals surface area contributed by atoms with E-state index in [0.29, 0.717) is 5.92 Å². The molecule has 2 saturated carbocycles. The van der Waals surface area contributed by atoms with Gasteiger partial charge in [0.05, 0.1) is 0 Å². The number of rotatable bonds is 4. The van der Waals surface area contributed by atoms with Crippen LogP contribution in [0, 0.1) is 11.8 Å². The van der Waals surface area contributed by atoms with E-state index in [9.17, 15) is 4.79 Å². The molecular weight excluding hydrogens is 234 g/mol. The fourth-order valence-corrected chi connectivity index (χ4v) is 2.49. The maximum atomic E-state index is 11.9. The molecule has 0 bridgehead atoms. The van der Waals surface area contributed by atoms with E-state index in [2.05, 4.69) is 11.4 Å². The molecule has 1 N–H and O–H groups in total. The number of benzene rings is 1. The Balaban J connectivity index is 1.56. The number of halogens is 1. The number of carbonyl (C=O) groups is 1. The van der Waals surface area contributed by atoms with Crippen LogP contribution >= 0.6 is 11.6 Å². The zero-order chi connectivity index (χ0) is 11.8. The first-order valence-corrected chi connectivity index (χ1v) is 6.65. The van der Waals surface area contributed by atoms with Gasteiger partial charge in [-0.05, 0) is 48.8 Å². The van der Waals surface area contributed by atoms with Gasteiger partial charge in [-0.1, -0.05) is 23.7 Å². The van der Waals surface area contributed by atoms with Gasteiger partial charge in [-0.2, -0.15) is 0 Å². The van der Waals surface area contributed by atoms with Gasteiger partial charge in [-0.15, -0.1) is 0 Å². The number of hydrogen-bond acceptors (Lipinski definition) is 1. The van der Waals surface area contributed by atoms with Gasteiger partial charge in [-0.25, -0.2) is 0 Å². The molecular formula is C14H16ClNO. The maximum absolute atomic E-state index is 11.9. The van der Waals surface area contributed by atoms with Crippen molar-refractivity contribution in [3.63, 3.8) is 0 Å². The third kappa shape index (κ3) is 2.63. The van der Waals surface area contributed by atoms with Gasteiger partial charge in [0, 0.05) is 17.5 Å². The lowest BCUT2D eigenvalue weighted by Crippen LogP contribution is -2.27. The molecule has 2 atom stereocenters. The van der Waals surface area contributed by atoms with Gasteiger partial charge >= 0.3 is 0 Å². The van der Waals surface area contributed by atoms with Crippen LogP contribution in [-0.2, 0) is 4.79 Å². The van der Waals surface area contributed by atoms with E-state index in [0.717, 1.165) is 23.9 Å². The standard InChI is InChI=1S/C14H16ClNO/c15-11-3-1-2-10(6-11)12-7-13(12)14(17)16-8-9-4-5-9/h1-3,6,9,12-13H,4-5,7-8H2,(H,16,17)/t12-,13+/m1/s1. The van der Waals surface area contributed by atoms with Gasteiger partial charge in [-0.3, -0.25) is 4.79 Å². The molecule has 0 unspecified atom stereocenters. The minimum atomic E-state index is 0.173. The van der Waals surface area contributed by atoms with Crippen LogP contribution in [0.1, 0.15) is 30.7 Å². The van der Waals surface area contributed by atoms with E-state index in [-0.39, 0.29) is 11.8 Å². The second-order valence-corrected chi connectivity index (χ2v) is 5.63. The second-order valence-electron chi connectivity index (χ2n) is 5.19. The van der Waals surface area contributed by atoms with Crippen LogP contribution in [0.4, 0.5) is 0 Å². The Bertz CT molecular complexity index is 442. The van der Waals surface area contributed by atoms with Crippen LogP contribution in [0.25, 0.3) is 0 Å². The Morgan fingerprint density at radius 2 is 2.24 bits per heavy atom. The Kier molecular flexibility index (Phi) is 2.83. The lowest BCUT2D eigenvalue weighted by Gasteiger charge is -2.04. The zero-order valence-electron chi connectivity index (χ0n) is 9.66. The van der Waals surface area contributed by atoms with Gasteiger partial charge in [0.1, 0.15) is 0 Å². The maximum Gasteiger partial charge on any atom is 0.223 e. The van der Waals surface area contributed by atoms with Crippen molar-refractivity contribution in [2.75, 3.05) is 6.54 Å². The summed E-state index contributed by atoms with van der Waals surface area (Å²) < 4.78 is 0. The van der Waals surface area contributed by atoms with Crippen LogP contribution in [0.3, 0.4) is 0 Å². The fourth-order valence-electron chi connectivity index (χ4n) is 2.29. The average Bonchev–Trinajstić information content (AvgIpc) is 3.18. The molecule has 2 aliphatic rings. The van der Waals surface area contributed by atoms with Crippen molar-refractivity contribution in [3.05, 3.63) is 34.9 Å². The molecule has 1 aromatic rings. The first-order valence-electron chi connectivity index (χ1n) is 6.27. The molecule has 0 radical (unpaired) electrons. The largest absolute Gasteiger partial charge is 0.356 e. The lowest BCUT2D eigenvalue weighted by molar-refractivity contribution is -0.122. The minimum Gasteiger partial charge on any atom is -0.356 e. The molecule has 1 aromatic carbocycles. The highest BCUT2D eigenvalue weighted by molar-refractivity contribution is 6.30. The van der Waals surface area contributed by atoms with Crippen molar-refractivity contribution in [1.82, 2.24) is 5.32 Å². The Morgan fingerprint density at radius 3 is 2.94 bits per heavy atom. The van der Waals surface area contributed by atoms with Crippen molar-refractivity contribution < 1.29 is 4.79 Å². The quantitative estimate of drug-likeness (QED) is 0.873. The van der Waals surface area contributed by atoms with Gasteiger partial charge < -0.3 is 5.32 Å². The molecule has 2 nitrogen and oxygen atoms in total. The summed E-state index contributed by atoms with van der Waals surface area (Å²) in [6.45, 7) is 0.873. The monoisotopic (exact) mass is 249 g/mol. The van der Waals surface area contributed by atoms with Crippen molar-refractivity contribution >= 4 is 17.5 Å². The SMILES string of the molecule is O=C(NCC1CC1)[C@H]1C[C@@H]1c1cccc(Cl)c1. The normalized spacial score (nSPS) is 26.6. The zero-order valence-corrected chi connectivity index (χ0v) is 10.4. The van der Waals surface area contributed by atoms with Crippen molar-refractivity contribution in [1.29, 1.82) is 0 Å². The number of carbonyl (C=O) groups excluding carboxylic acids is 1. The average molecular weight is 250 g/mol. The molecule has 0 saturated heterocycles. The van der Waals surface area contributed by atoms with E-state index < -0.39 is 0 Å². The van der Waals surface area contributed by atoms with E-state index in [1.165, 1.54) is 18.4 Å². The molecule has 17 heavy (non-hydrogen) atoms. The molecule has 3 rings (SSSR count). The molecule has 1 amide bonds. The highest BCUT2D eigenvalue weighted by atomic mass is 35.5. The van der Waals surface area contributed by atoms with E-state index >= 15 is 0 Å². The summed E-state index contributed by atoms with van der Waals surface area (Å²) in [6.07, 6.45) is 3.53. The highest BCUT2D eigenvalue weighted by Gasteiger charge is 2.44. The van der Waals surface area contributed by atoms with Crippen LogP contribution in [0.5, 0.6) is 0 Å². The third-order valence-corrected chi connectivity index (χ3v) is 3.90. The van der Waals surface area contributed by atoms with Gasteiger partial charge in [0.15, 0.2) is 0 Å². The Hall–Kier alpha value is -1.02. The first-order chi connectivity index (χ1) is 8.24. The number of hydrogen-bond donors (Lipinski definition) is 1. The predicted octanol–water partition coefficient (Wildman–Crippen LogP) is 2.97. The second kappa shape index (κ2) is 4.34. The Morgan fingerprint density at radius 1 is 1.41 bits per heavy atom. The van der Waals surface area contributed by atoms with Crippen molar-refractivity contribution in [3.8, 4) is 0 Å². The van der Waals surface area contributed by atoms with E-state index in [1.54, 1.807) is 0 Å². The number of amides is 1. The third-order valence-electron chi connectivity index (χ3n) is 3.67. The lowest BCUT2D eigenvalue weighted by atomic mass is 10.1. The molecule has 2 aliphatic carbocycles. The van der Waals surface area contributed by atoms with Gasteiger partial charge in [0.2, 0.25) is 5.91 Å². The smallest absolute Gasteiger partial charge is 0.223 e.